The van der Waals surface area contributed by atoms with Crippen molar-refractivity contribution in [2.75, 3.05) is 11.9 Å². The fraction of sp³-hybridized carbons (Fsp3) is 0.536. The molecule has 1 aromatic carbocycles. The number of aromatic hydroxyl groups is 1. The number of aromatic amines is 1. The maximum Gasteiger partial charge on any atom is 0.151 e. The van der Waals surface area contributed by atoms with Crippen LogP contribution in [0.15, 0.2) is 30.5 Å². The minimum atomic E-state index is -0.135. The van der Waals surface area contributed by atoms with Crippen molar-refractivity contribution in [1.29, 1.82) is 0 Å². The van der Waals surface area contributed by atoms with Crippen molar-refractivity contribution in [3.05, 3.63) is 41.7 Å². The van der Waals surface area contributed by atoms with Gasteiger partial charge in [-0.25, -0.2) is 0 Å². The topological polar surface area (TPSA) is 90.0 Å². The molecule has 0 atom stereocenters. The first-order valence-corrected chi connectivity index (χ1v) is 12.4. The molecule has 0 saturated carbocycles. The molecule has 1 aliphatic rings. The van der Waals surface area contributed by atoms with Gasteiger partial charge in [-0.2, -0.15) is 5.10 Å². The van der Waals surface area contributed by atoms with Crippen molar-refractivity contribution in [3.63, 3.8) is 0 Å². The second kappa shape index (κ2) is 8.63. The van der Waals surface area contributed by atoms with E-state index in [-0.39, 0.29) is 22.2 Å². The van der Waals surface area contributed by atoms with Crippen LogP contribution in [-0.2, 0) is 5.41 Å². The van der Waals surface area contributed by atoms with E-state index in [9.17, 15) is 5.11 Å². The molecule has 0 bridgehead atoms. The summed E-state index contributed by atoms with van der Waals surface area (Å²) in [5, 5.41) is 31.1. The summed E-state index contributed by atoms with van der Waals surface area (Å²) in [6.45, 7) is 17.5. The van der Waals surface area contributed by atoms with E-state index in [1.807, 2.05) is 37.4 Å². The van der Waals surface area contributed by atoms with Crippen molar-refractivity contribution < 1.29 is 5.11 Å². The number of rotatable bonds is 4. The first-order valence-electron chi connectivity index (χ1n) is 12.4. The molecule has 1 aliphatic heterocycles. The Balaban J connectivity index is 1.67. The molecule has 3 aromatic rings. The van der Waals surface area contributed by atoms with Crippen molar-refractivity contribution in [3.8, 4) is 28.1 Å². The van der Waals surface area contributed by atoms with E-state index in [0.29, 0.717) is 17.3 Å². The van der Waals surface area contributed by atoms with Crippen LogP contribution in [0.1, 0.15) is 72.6 Å². The van der Waals surface area contributed by atoms with Crippen molar-refractivity contribution in [1.82, 2.24) is 25.7 Å². The van der Waals surface area contributed by atoms with Crippen molar-refractivity contribution in [2.24, 2.45) is 0 Å². The largest absolute Gasteiger partial charge is 0.507 e. The van der Waals surface area contributed by atoms with Crippen LogP contribution in [0.5, 0.6) is 5.75 Å². The Kier molecular flexibility index (Phi) is 6.20. The lowest BCUT2D eigenvalue weighted by Crippen LogP contribution is -2.62. The zero-order chi connectivity index (χ0) is 25.8. The van der Waals surface area contributed by atoms with Crippen molar-refractivity contribution in [2.45, 2.75) is 90.8 Å². The molecule has 4 rings (SSSR count). The Morgan fingerprint density at radius 2 is 1.63 bits per heavy atom. The first-order chi connectivity index (χ1) is 16.2. The molecule has 7 heteroatoms. The van der Waals surface area contributed by atoms with Crippen LogP contribution in [0.3, 0.4) is 0 Å². The highest BCUT2D eigenvalue weighted by atomic mass is 16.3. The number of benzene rings is 1. The standard InChI is InChI=1S/C28H40N6O/c1-17-21(16-29-30-17)19-13-24(35)20(12-22(19)26(2,3)4)23-10-11-25(32-31-23)34(9)18-14-27(5,6)33-28(7,8)15-18/h10-13,16,18,33,35H,14-15H2,1-9H3,(H,29,30). The van der Waals surface area contributed by atoms with Gasteiger partial charge in [0, 0.05) is 41.0 Å². The minimum Gasteiger partial charge on any atom is -0.507 e. The zero-order valence-electron chi connectivity index (χ0n) is 22.6. The lowest BCUT2D eigenvalue weighted by atomic mass is 9.79. The summed E-state index contributed by atoms with van der Waals surface area (Å²) < 4.78 is 0. The highest BCUT2D eigenvalue weighted by molar-refractivity contribution is 5.79. The monoisotopic (exact) mass is 476 g/mol. The summed E-state index contributed by atoms with van der Waals surface area (Å²) in [4.78, 5) is 2.24. The van der Waals surface area contributed by atoms with Crippen LogP contribution in [-0.4, -0.2) is 49.7 Å². The maximum absolute atomic E-state index is 11.0. The van der Waals surface area contributed by atoms with Gasteiger partial charge >= 0.3 is 0 Å². The van der Waals surface area contributed by atoms with Gasteiger partial charge in [0.25, 0.3) is 0 Å². The first kappa shape index (κ1) is 25.2. The van der Waals surface area contributed by atoms with Crippen LogP contribution in [0.4, 0.5) is 5.82 Å². The van der Waals surface area contributed by atoms with E-state index < -0.39 is 0 Å². The molecule has 188 valence electrons. The van der Waals surface area contributed by atoms with Crippen molar-refractivity contribution >= 4 is 5.82 Å². The third-order valence-electron chi connectivity index (χ3n) is 7.07. The van der Waals surface area contributed by atoms with Gasteiger partial charge in [0.1, 0.15) is 5.75 Å². The van der Waals surface area contributed by atoms with E-state index in [1.165, 1.54) is 0 Å². The van der Waals surface area contributed by atoms with Crippen LogP contribution in [0.2, 0.25) is 0 Å². The quantitative estimate of drug-likeness (QED) is 0.455. The zero-order valence-corrected chi connectivity index (χ0v) is 22.6. The number of nitrogens with zero attached hydrogens (tertiary/aromatic N) is 4. The van der Waals surface area contributed by atoms with Gasteiger partial charge in [0.15, 0.2) is 5.82 Å². The Morgan fingerprint density at radius 1 is 0.971 bits per heavy atom. The number of hydrogen-bond acceptors (Lipinski definition) is 6. The third kappa shape index (κ3) is 5.20. The molecule has 0 amide bonds. The molecule has 0 aliphatic carbocycles. The third-order valence-corrected chi connectivity index (χ3v) is 7.07. The molecule has 3 N–H and O–H groups in total. The average molecular weight is 477 g/mol. The fourth-order valence-electron chi connectivity index (χ4n) is 5.65. The van der Waals surface area contributed by atoms with Crippen LogP contribution in [0.25, 0.3) is 22.4 Å². The molecule has 35 heavy (non-hydrogen) atoms. The molecule has 1 saturated heterocycles. The lowest BCUT2D eigenvalue weighted by Gasteiger charge is -2.49. The number of phenolic OH excluding ortho intramolecular Hbond substituents is 1. The number of hydrogen-bond donors (Lipinski definition) is 3. The van der Waals surface area contributed by atoms with E-state index in [4.69, 9.17) is 0 Å². The van der Waals surface area contributed by atoms with Gasteiger partial charge in [-0.3, -0.25) is 5.10 Å². The number of piperidine rings is 1. The maximum atomic E-state index is 11.0. The fourth-order valence-corrected chi connectivity index (χ4v) is 5.65. The summed E-state index contributed by atoms with van der Waals surface area (Å²) >= 11 is 0. The molecular formula is C28H40N6O. The second-order valence-electron chi connectivity index (χ2n) is 12.4. The number of aryl methyl sites for hydroxylation is 1. The highest BCUT2D eigenvalue weighted by Gasteiger charge is 2.39. The van der Waals surface area contributed by atoms with Gasteiger partial charge in [-0.05, 0) is 88.3 Å². The lowest BCUT2D eigenvalue weighted by molar-refractivity contribution is 0.160. The van der Waals surface area contributed by atoms with Crippen LogP contribution in [0, 0.1) is 6.92 Å². The second-order valence-corrected chi connectivity index (χ2v) is 12.4. The van der Waals surface area contributed by atoms with E-state index in [2.05, 4.69) is 86.1 Å². The molecule has 0 radical (unpaired) electrons. The molecule has 1 fully saturated rings. The Labute approximate surface area is 209 Å². The van der Waals surface area contributed by atoms with Crippen LogP contribution >= 0.6 is 0 Å². The number of anilines is 1. The normalized spacial score (nSPS) is 18.0. The van der Waals surface area contributed by atoms with E-state index >= 15 is 0 Å². The molecule has 7 nitrogen and oxygen atoms in total. The number of nitrogens with one attached hydrogen (secondary N) is 2. The Morgan fingerprint density at radius 3 is 2.14 bits per heavy atom. The summed E-state index contributed by atoms with van der Waals surface area (Å²) in [5.74, 6) is 1.03. The molecule has 2 aromatic heterocycles. The number of phenols is 1. The van der Waals surface area contributed by atoms with E-state index in [1.54, 1.807) is 0 Å². The Hall–Kier alpha value is -2.93. The minimum absolute atomic E-state index is 0.0538. The number of aromatic nitrogens is 4. The van der Waals surface area contributed by atoms with E-state index in [0.717, 1.165) is 41.0 Å². The SMILES string of the molecule is Cc1[nH]ncc1-c1cc(O)c(-c2ccc(N(C)C3CC(C)(C)NC(C)(C)C3)nn2)cc1C(C)(C)C. The molecule has 0 spiro atoms. The van der Waals surface area contributed by atoms with Crippen LogP contribution < -0.4 is 10.2 Å². The smallest absolute Gasteiger partial charge is 0.151 e. The highest BCUT2D eigenvalue weighted by Crippen LogP contribution is 2.41. The molecular weight excluding hydrogens is 436 g/mol. The summed E-state index contributed by atoms with van der Waals surface area (Å²) in [5.41, 5.74) is 5.38. The van der Waals surface area contributed by atoms with Gasteiger partial charge in [-0.1, -0.05) is 20.8 Å². The van der Waals surface area contributed by atoms with Gasteiger partial charge in [-0.15, -0.1) is 10.2 Å². The molecule has 0 unspecified atom stereocenters. The van der Waals surface area contributed by atoms with Gasteiger partial charge in [0.05, 0.1) is 11.9 Å². The van der Waals surface area contributed by atoms with Gasteiger partial charge in [0.2, 0.25) is 0 Å². The summed E-state index contributed by atoms with van der Waals surface area (Å²) in [6.07, 6.45) is 3.87. The summed E-state index contributed by atoms with van der Waals surface area (Å²) in [7, 11) is 2.10. The van der Waals surface area contributed by atoms with Gasteiger partial charge < -0.3 is 15.3 Å². The number of H-pyrrole nitrogens is 1. The molecule has 3 heterocycles. The predicted octanol–water partition coefficient (Wildman–Crippen LogP) is 5.59. The Bertz CT molecular complexity index is 1190. The predicted molar refractivity (Wildman–Crippen MR) is 143 cm³/mol. The average Bonchev–Trinajstić information content (AvgIpc) is 3.16. The summed E-state index contributed by atoms with van der Waals surface area (Å²) in [6, 6.07) is 8.20.